The summed E-state index contributed by atoms with van der Waals surface area (Å²) in [5.41, 5.74) is 6.27. The first-order valence-electron chi connectivity index (χ1n) is 6.40. The number of thioether (sulfide) groups is 1. The van der Waals surface area contributed by atoms with Crippen LogP contribution in [0.5, 0.6) is 0 Å². The van der Waals surface area contributed by atoms with Crippen LogP contribution in [0.4, 0.5) is 5.82 Å². The molecule has 0 aliphatic heterocycles. The number of rotatable bonds is 4. The zero-order chi connectivity index (χ0) is 16.4. The number of nitrogens with two attached hydrogens (primary N) is 2. The summed E-state index contributed by atoms with van der Waals surface area (Å²) in [6.07, 6.45) is 1.60. The van der Waals surface area contributed by atoms with E-state index in [1.807, 2.05) is 0 Å². The monoisotopic (exact) mass is 367 g/mol. The van der Waals surface area contributed by atoms with Crippen molar-refractivity contribution >= 4 is 40.8 Å². The smallest absolute Gasteiger partial charge is 0.210 e. The predicted octanol–water partition coefficient (Wildman–Crippen LogP) is 2.63. The van der Waals surface area contributed by atoms with Gasteiger partial charge in [0.1, 0.15) is 11.6 Å². The lowest BCUT2D eigenvalue weighted by Crippen LogP contribution is -2.12. The van der Waals surface area contributed by atoms with Crippen molar-refractivity contribution in [2.75, 3.05) is 11.6 Å². The first-order chi connectivity index (χ1) is 11.0. The van der Waals surface area contributed by atoms with Crippen LogP contribution in [0.25, 0.3) is 11.4 Å². The molecular weight excluding hydrogens is 357 g/mol. The quantitative estimate of drug-likeness (QED) is 0.538. The number of anilines is 1. The molecule has 0 unspecified atom stereocenters. The lowest BCUT2D eigenvalue weighted by atomic mass is 10.2. The molecule has 0 amide bonds. The van der Waals surface area contributed by atoms with Crippen LogP contribution in [0.15, 0.2) is 35.6 Å². The number of halogens is 2. The first kappa shape index (κ1) is 15.9. The SMILES string of the molecule is Nc1ccnc(CSc2nnc(-c3ccc(Cl)cc3Cl)n2N)n1. The Labute approximate surface area is 146 Å². The molecule has 0 radical (unpaired) electrons. The molecule has 2 heterocycles. The van der Waals surface area contributed by atoms with Crippen molar-refractivity contribution < 1.29 is 0 Å². The number of nitrogen functional groups attached to an aromatic ring is 2. The Morgan fingerprint density at radius 2 is 2.00 bits per heavy atom. The summed E-state index contributed by atoms with van der Waals surface area (Å²) in [5.74, 6) is 7.97. The molecule has 118 valence electrons. The number of aromatic nitrogens is 5. The maximum Gasteiger partial charge on any atom is 0.210 e. The maximum atomic E-state index is 6.17. The van der Waals surface area contributed by atoms with Gasteiger partial charge in [0.15, 0.2) is 5.82 Å². The average molecular weight is 368 g/mol. The number of hydrogen-bond donors (Lipinski definition) is 2. The Morgan fingerprint density at radius 1 is 1.17 bits per heavy atom. The fraction of sp³-hybridized carbons (Fsp3) is 0.0769. The van der Waals surface area contributed by atoms with Crippen LogP contribution in [-0.2, 0) is 5.75 Å². The van der Waals surface area contributed by atoms with Gasteiger partial charge in [0.2, 0.25) is 5.16 Å². The van der Waals surface area contributed by atoms with Crippen molar-refractivity contribution in [2.45, 2.75) is 10.9 Å². The summed E-state index contributed by atoms with van der Waals surface area (Å²) in [4.78, 5) is 8.25. The Balaban J connectivity index is 1.82. The van der Waals surface area contributed by atoms with Gasteiger partial charge >= 0.3 is 0 Å². The average Bonchev–Trinajstić information content (AvgIpc) is 2.86. The van der Waals surface area contributed by atoms with E-state index < -0.39 is 0 Å². The van der Waals surface area contributed by atoms with E-state index in [1.165, 1.54) is 16.4 Å². The van der Waals surface area contributed by atoms with Gasteiger partial charge in [0.05, 0.1) is 10.8 Å². The third kappa shape index (κ3) is 3.49. The highest BCUT2D eigenvalue weighted by molar-refractivity contribution is 7.98. The van der Waals surface area contributed by atoms with Crippen molar-refractivity contribution in [3.8, 4) is 11.4 Å². The fourth-order valence-electron chi connectivity index (χ4n) is 1.84. The highest BCUT2D eigenvalue weighted by Gasteiger charge is 2.15. The minimum Gasteiger partial charge on any atom is -0.384 e. The van der Waals surface area contributed by atoms with Gasteiger partial charge in [0, 0.05) is 16.8 Å². The second-order valence-corrected chi connectivity index (χ2v) is 6.27. The molecular formula is C13H11Cl2N7S. The Bertz CT molecular complexity index is 852. The number of hydrogen-bond acceptors (Lipinski definition) is 7. The number of nitrogens with zero attached hydrogens (tertiary/aromatic N) is 5. The third-order valence-electron chi connectivity index (χ3n) is 2.89. The highest BCUT2D eigenvalue weighted by atomic mass is 35.5. The van der Waals surface area contributed by atoms with Gasteiger partial charge in [0.25, 0.3) is 0 Å². The van der Waals surface area contributed by atoms with E-state index in [9.17, 15) is 0 Å². The van der Waals surface area contributed by atoms with E-state index in [0.29, 0.717) is 44.0 Å². The van der Waals surface area contributed by atoms with Crippen LogP contribution in [-0.4, -0.2) is 24.8 Å². The van der Waals surface area contributed by atoms with Crippen LogP contribution in [0, 0.1) is 0 Å². The first-order valence-corrected chi connectivity index (χ1v) is 8.15. The molecule has 2 aromatic heterocycles. The Hall–Kier alpha value is -2.03. The van der Waals surface area contributed by atoms with Crippen LogP contribution in [0.1, 0.15) is 5.82 Å². The zero-order valence-electron chi connectivity index (χ0n) is 11.6. The van der Waals surface area contributed by atoms with Gasteiger partial charge in [-0.2, -0.15) is 0 Å². The summed E-state index contributed by atoms with van der Waals surface area (Å²) in [5, 5.41) is 9.65. The molecule has 0 bridgehead atoms. The standard InChI is InChI=1S/C13H11Cl2N7S/c14-7-1-2-8(9(15)5-7)12-20-21-13(22(12)17)23-6-11-18-4-3-10(16)19-11/h1-5H,6,17H2,(H2,16,18,19). The van der Waals surface area contributed by atoms with Gasteiger partial charge in [-0.25, -0.2) is 14.6 Å². The van der Waals surface area contributed by atoms with E-state index in [1.54, 1.807) is 30.5 Å². The molecule has 3 rings (SSSR count). The van der Waals surface area contributed by atoms with Crippen molar-refractivity contribution in [1.82, 2.24) is 24.8 Å². The minimum atomic E-state index is 0.415. The minimum absolute atomic E-state index is 0.415. The normalized spacial score (nSPS) is 10.9. The van der Waals surface area contributed by atoms with Gasteiger partial charge in [-0.15, -0.1) is 10.2 Å². The predicted molar refractivity (Wildman–Crippen MR) is 91.6 cm³/mol. The van der Waals surface area contributed by atoms with Gasteiger partial charge in [-0.05, 0) is 24.3 Å². The van der Waals surface area contributed by atoms with Crippen LogP contribution in [0.2, 0.25) is 10.0 Å². The van der Waals surface area contributed by atoms with E-state index in [-0.39, 0.29) is 0 Å². The van der Waals surface area contributed by atoms with Gasteiger partial charge < -0.3 is 11.6 Å². The van der Waals surface area contributed by atoms with Gasteiger partial charge in [-0.3, -0.25) is 0 Å². The van der Waals surface area contributed by atoms with Crippen molar-refractivity contribution in [1.29, 1.82) is 0 Å². The summed E-state index contributed by atoms with van der Waals surface area (Å²) in [6, 6.07) is 6.71. The fourth-order valence-corrected chi connectivity index (χ4v) is 3.06. The van der Waals surface area contributed by atoms with Crippen molar-refractivity contribution in [2.24, 2.45) is 0 Å². The van der Waals surface area contributed by atoms with Crippen LogP contribution in [0.3, 0.4) is 0 Å². The number of benzene rings is 1. The zero-order valence-corrected chi connectivity index (χ0v) is 14.0. The lowest BCUT2D eigenvalue weighted by Gasteiger charge is -2.05. The van der Waals surface area contributed by atoms with E-state index in [4.69, 9.17) is 34.8 Å². The molecule has 4 N–H and O–H groups in total. The molecule has 0 atom stereocenters. The molecule has 0 aliphatic rings. The molecule has 0 spiro atoms. The van der Waals surface area contributed by atoms with Crippen molar-refractivity contribution in [3.05, 3.63) is 46.3 Å². The van der Waals surface area contributed by atoms with Crippen LogP contribution >= 0.6 is 35.0 Å². The Morgan fingerprint density at radius 3 is 2.74 bits per heavy atom. The molecule has 10 heteroatoms. The molecule has 0 aliphatic carbocycles. The molecule has 0 fully saturated rings. The molecule has 0 saturated heterocycles. The van der Waals surface area contributed by atoms with Crippen LogP contribution < -0.4 is 11.6 Å². The summed E-state index contributed by atoms with van der Waals surface area (Å²) >= 11 is 13.4. The highest BCUT2D eigenvalue weighted by Crippen LogP contribution is 2.30. The third-order valence-corrected chi connectivity index (χ3v) is 4.38. The maximum absolute atomic E-state index is 6.17. The summed E-state index contributed by atoms with van der Waals surface area (Å²) < 4.78 is 1.37. The van der Waals surface area contributed by atoms with E-state index in [2.05, 4.69) is 20.2 Å². The summed E-state index contributed by atoms with van der Waals surface area (Å²) in [7, 11) is 0. The topological polar surface area (TPSA) is 109 Å². The molecule has 0 saturated carbocycles. The second kappa shape index (κ2) is 6.61. The van der Waals surface area contributed by atoms with Crippen molar-refractivity contribution in [3.63, 3.8) is 0 Å². The van der Waals surface area contributed by atoms with Gasteiger partial charge in [-0.1, -0.05) is 35.0 Å². The van der Waals surface area contributed by atoms with E-state index >= 15 is 0 Å². The summed E-state index contributed by atoms with van der Waals surface area (Å²) in [6.45, 7) is 0. The Kier molecular flexibility index (Phi) is 4.56. The molecule has 23 heavy (non-hydrogen) atoms. The lowest BCUT2D eigenvalue weighted by molar-refractivity contribution is 0.848. The molecule has 1 aromatic carbocycles. The molecule has 7 nitrogen and oxygen atoms in total. The largest absolute Gasteiger partial charge is 0.384 e. The molecule has 3 aromatic rings. The van der Waals surface area contributed by atoms with E-state index in [0.717, 1.165) is 0 Å². The second-order valence-electron chi connectivity index (χ2n) is 4.49.